The maximum absolute atomic E-state index is 14.1. The standard InChI is InChI=1S/C30H31Cl2N3O4/c31-19-15-20(32)17-22(16-19)34-27(36)24-23-11-13-30(39-23)25(24)29(38)35(14-12-18-7-3-1-4-8-18)26(30)28(37)33-21-9-5-2-6-10-21/h1,3-4,7-8,11,13,15-17,21,23-26H,2,5-6,9-10,12,14H2,(H,33,37)(H,34,36)/t23-,24?,25-,26?,30?/m0/s1. The lowest BCUT2D eigenvalue weighted by Gasteiger charge is -2.34. The Morgan fingerprint density at radius 2 is 1.72 bits per heavy atom. The van der Waals surface area contributed by atoms with Crippen LogP contribution in [0.25, 0.3) is 0 Å². The van der Waals surface area contributed by atoms with Gasteiger partial charge < -0.3 is 20.3 Å². The molecule has 2 bridgehead atoms. The van der Waals surface area contributed by atoms with Crippen LogP contribution in [-0.2, 0) is 25.5 Å². The number of nitrogens with one attached hydrogen (secondary N) is 2. The van der Waals surface area contributed by atoms with Crippen LogP contribution in [0.4, 0.5) is 5.69 Å². The zero-order chi connectivity index (χ0) is 27.1. The van der Waals surface area contributed by atoms with Gasteiger partial charge >= 0.3 is 0 Å². The molecule has 1 saturated carbocycles. The molecule has 1 aliphatic carbocycles. The first-order valence-corrected chi connectivity index (χ1v) is 14.4. The number of benzene rings is 2. The molecule has 3 amide bonds. The second kappa shape index (κ2) is 10.6. The molecule has 39 heavy (non-hydrogen) atoms. The highest BCUT2D eigenvalue weighted by Gasteiger charge is 2.72. The molecule has 2 aromatic rings. The molecule has 4 aliphatic rings. The molecule has 2 aromatic carbocycles. The van der Waals surface area contributed by atoms with Crippen LogP contribution in [0.3, 0.4) is 0 Å². The summed E-state index contributed by atoms with van der Waals surface area (Å²) in [6, 6.07) is 13.9. The highest BCUT2D eigenvalue weighted by molar-refractivity contribution is 6.35. The van der Waals surface area contributed by atoms with E-state index in [0.717, 1.165) is 31.2 Å². The maximum Gasteiger partial charge on any atom is 0.246 e. The van der Waals surface area contributed by atoms with Gasteiger partial charge in [0.2, 0.25) is 17.7 Å². The van der Waals surface area contributed by atoms with Gasteiger partial charge in [0.15, 0.2) is 0 Å². The molecule has 204 valence electrons. The lowest BCUT2D eigenvalue weighted by molar-refractivity contribution is -0.141. The van der Waals surface area contributed by atoms with Gasteiger partial charge in [-0.15, -0.1) is 0 Å². The fourth-order valence-electron chi connectivity index (χ4n) is 6.78. The number of rotatable bonds is 7. The summed E-state index contributed by atoms with van der Waals surface area (Å²) >= 11 is 12.3. The Labute approximate surface area is 237 Å². The van der Waals surface area contributed by atoms with Gasteiger partial charge in [-0.2, -0.15) is 0 Å². The Morgan fingerprint density at radius 3 is 2.44 bits per heavy atom. The number of halogens is 2. The van der Waals surface area contributed by atoms with Crippen LogP contribution in [-0.4, -0.2) is 53.0 Å². The number of anilines is 1. The summed E-state index contributed by atoms with van der Waals surface area (Å²) in [4.78, 5) is 43.2. The zero-order valence-corrected chi connectivity index (χ0v) is 23.0. The van der Waals surface area contributed by atoms with E-state index in [4.69, 9.17) is 27.9 Å². The van der Waals surface area contributed by atoms with Crippen molar-refractivity contribution >= 4 is 46.6 Å². The van der Waals surface area contributed by atoms with Crippen LogP contribution in [0.1, 0.15) is 37.7 Å². The van der Waals surface area contributed by atoms with Crippen molar-refractivity contribution in [1.82, 2.24) is 10.2 Å². The SMILES string of the molecule is O=C(Nc1cc(Cl)cc(Cl)c1)C1[C@@H]2C=CC3(O2)C(C(=O)NC2CCCCC2)N(CCc2ccccc2)C(=O)[C@H]13. The molecule has 9 heteroatoms. The Hall–Kier alpha value is -2.87. The van der Waals surface area contributed by atoms with Crippen molar-refractivity contribution in [2.24, 2.45) is 11.8 Å². The van der Waals surface area contributed by atoms with Gasteiger partial charge in [-0.3, -0.25) is 14.4 Å². The van der Waals surface area contributed by atoms with Gasteiger partial charge in [0, 0.05) is 28.3 Å². The predicted molar refractivity (Wildman–Crippen MR) is 149 cm³/mol. The van der Waals surface area contributed by atoms with Crippen LogP contribution in [0.2, 0.25) is 10.0 Å². The summed E-state index contributed by atoms with van der Waals surface area (Å²) in [5.74, 6) is -2.39. The first-order chi connectivity index (χ1) is 18.9. The van der Waals surface area contributed by atoms with Crippen LogP contribution in [0.5, 0.6) is 0 Å². The number of amides is 3. The average molecular weight is 569 g/mol. The minimum atomic E-state index is -1.19. The number of ether oxygens (including phenoxy) is 1. The summed E-state index contributed by atoms with van der Waals surface area (Å²) in [7, 11) is 0. The van der Waals surface area contributed by atoms with Gasteiger partial charge in [-0.05, 0) is 43.0 Å². The Kier molecular flexibility index (Phi) is 7.16. The Balaban J connectivity index is 1.29. The van der Waals surface area contributed by atoms with Gasteiger partial charge in [0.25, 0.3) is 0 Å². The fraction of sp³-hybridized carbons (Fsp3) is 0.433. The third-order valence-corrected chi connectivity index (χ3v) is 8.93. The minimum absolute atomic E-state index is 0.0852. The highest BCUT2D eigenvalue weighted by Crippen LogP contribution is 2.55. The Bertz CT molecular complexity index is 1290. The number of carbonyl (C=O) groups excluding carboxylic acids is 3. The van der Waals surface area contributed by atoms with Crippen molar-refractivity contribution in [3.8, 4) is 0 Å². The first kappa shape index (κ1) is 26.4. The molecule has 6 rings (SSSR count). The predicted octanol–water partition coefficient (Wildman–Crippen LogP) is 4.77. The largest absolute Gasteiger partial charge is 0.359 e. The number of hydrogen-bond acceptors (Lipinski definition) is 4. The van der Waals surface area contributed by atoms with E-state index >= 15 is 0 Å². The molecule has 3 aliphatic heterocycles. The quantitative estimate of drug-likeness (QED) is 0.471. The normalized spacial score (nSPS) is 29.5. The molecule has 3 unspecified atom stereocenters. The fourth-order valence-corrected chi connectivity index (χ4v) is 7.31. The second-order valence-corrected chi connectivity index (χ2v) is 11.8. The molecule has 0 radical (unpaired) electrons. The van der Waals surface area contributed by atoms with E-state index in [1.807, 2.05) is 42.5 Å². The van der Waals surface area contributed by atoms with Crippen molar-refractivity contribution < 1.29 is 19.1 Å². The highest BCUT2D eigenvalue weighted by atomic mass is 35.5. The van der Waals surface area contributed by atoms with E-state index < -0.39 is 29.6 Å². The third-order valence-electron chi connectivity index (χ3n) is 8.49. The third kappa shape index (κ3) is 4.85. The topological polar surface area (TPSA) is 87.7 Å². The first-order valence-electron chi connectivity index (χ1n) is 13.6. The van der Waals surface area contributed by atoms with Gasteiger partial charge in [-0.1, -0.05) is 84.9 Å². The summed E-state index contributed by atoms with van der Waals surface area (Å²) in [6.45, 7) is 0.351. The molecular weight excluding hydrogens is 537 g/mol. The summed E-state index contributed by atoms with van der Waals surface area (Å²) in [5.41, 5.74) is 0.320. The zero-order valence-electron chi connectivity index (χ0n) is 21.4. The monoisotopic (exact) mass is 567 g/mol. The van der Waals surface area contributed by atoms with E-state index in [-0.39, 0.29) is 23.8 Å². The smallest absolute Gasteiger partial charge is 0.246 e. The lowest BCUT2D eigenvalue weighted by Crippen LogP contribution is -2.56. The summed E-state index contributed by atoms with van der Waals surface area (Å²) in [5, 5.41) is 6.87. The van der Waals surface area contributed by atoms with E-state index in [9.17, 15) is 14.4 Å². The molecule has 3 fully saturated rings. The lowest BCUT2D eigenvalue weighted by atomic mass is 9.74. The van der Waals surface area contributed by atoms with Crippen LogP contribution >= 0.6 is 23.2 Å². The van der Waals surface area contributed by atoms with E-state index in [1.165, 1.54) is 6.42 Å². The van der Waals surface area contributed by atoms with Crippen LogP contribution in [0.15, 0.2) is 60.7 Å². The number of carbonyl (C=O) groups is 3. The molecule has 3 heterocycles. The van der Waals surface area contributed by atoms with Crippen LogP contribution < -0.4 is 10.6 Å². The molecule has 7 nitrogen and oxygen atoms in total. The maximum atomic E-state index is 14.1. The number of likely N-dealkylation sites (tertiary alicyclic amines) is 1. The molecular formula is C30H31Cl2N3O4. The number of fused-ring (bicyclic) bond motifs is 1. The molecule has 5 atom stereocenters. The van der Waals surface area contributed by atoms with Crippen molar-refractivity contribution in [3.63, 3.8) is 0 Å². The van der Waals surface area contributed by atoms with Crippen molar-refractivity contribution in [1.29, 1.82) is 0 Å². The van der Waals surface area contributed by atoms with Crippen molar-refractivity contribution in [2.45, 2.75) is 62.3 Å². The molecule has 2 N–H and O–H groups in total. The average Bonchev–Trinajstić information content (AvgIpc) is 3.55. The van der Waals surface area contributed by atoms with Gasteiger partial charge in [0.05, 0.1) is 17.9 Å². The molecule has 0 aromatic heterocycles. The number of hydrogen-bond donors (Lipinski definition) is 2. The second-order valence-electron chi connectivity index (χ2n) is 11.0. The van der Waals surface area contributed by atoms with E-state index in [0.29, 0.717) is 28.7 Å². The number of nitrogens with zero attached hydrogens (tertiary/aromatic N) is 1. The van der Waals surface area contributed by atoms with Crippen molar-refractivity contribution in [2.75, 3.05) is 11.9 Å². The Morgan fingerprint density at radius 1 is 1.00 bits per heavy atom. The van der Waals surface area contributed by atoms with E-state index in [2.05, 4.69) is 10.6 Å². The molecule has 1 spiro atoms. The summed E-state index contributed by atoms with van der Waals surface area (Å²) in [6.07, 6.45) is 8.84. The van der Waals surface area contributed by atoms with Gasteiger partial charge in [-0.25, -0.2) is 0 Å². The molecule has 2 saturated heterocycles. The minimum Gasteiger partial charge on any atom is -0.359 e. The van der Waals surface area contributed by atoms with Crippen molar-refractivity contribution in [3.05, 3.63) is 76.3 Å². The summed E-state index contributed by atoms with van der Waals surface area (Å²) < 4.78 is 6.43. The van der Waals surface area contributed by atoms with E-state index in [1.54, 1.807) is 23.1 Å². The van der Waals surface area contributed by atoms with Gasteiger partial charge in [0.1, 0.15) is 11.6 Å². The van der Waals surface area contributed by atoms with Crippen LogP contribution in [0, 0.1) is 11.8 Å².